The van der Waals surface area contributed by atoms with Gasteiger partial charge in [-0.2, -0.15) is 0 Å². The molecule has 0 unspecified atom stereocenters. The molecular weight excluding hydrogens is 411 g/mol. The minimum Gasteiger partial charge on any atom is -0.494 e. The predicted octanol–water partition coefficient (Wildman–Crippen LogP) is 4.43. The van der Waals surface area contributed by atoms with Crippen LogP contribution in [0.3, 0.4) is 0 Å². The zero-order chi connectivity index (χ0) is 22.5. The Bertz CT molecular complexity index is 1140. The first-order chi connectivity index (χ1) is 15.6. The Labute approximate surface area is 185 Å². The van der Waals surface area contributed by atoms with Gasteiger partial charge in [-0.1, -0.05) is 30.3 Å². The second-order valence-corrected chi connectivity index (χ2v) is 7.69. The van der Waals surface area contributed by atoms with Crippen LogP contribution in [0.4, 0.5) is 4.39 Å². The highest BCUT2D eigenvalue weighted by atomic mass is 19.1. The molecular formula is C25H23FN2O4. The normalized spacial score (nSPS) is 12.8. The van der Waals surface area contributed by atoms with E-state index in [1.54, 1.807) is 36.5 Å². The van der Waals surface area contributed by atoms with E-state index in [0.717, 1.165) is 19.1 Å². The van der Waals surface area contributed by atoms with Crippen molar-refractivity contribution in [2.45, 2.75) is 19.4 Å². The third-order valence-corrected chi connectivity index (χ3v) is 5.32. The number of benzene rings is 2. The van der Waals surface area contributed by atoms with Crippen molar-refractivity contribution in [2.75, 3.05) is 13.7 Å². The summed E-state index contributed by atoms with van der Waals surface area (Å²) in [4.78, 5) is 28.8. The molecule has 164 valence electrons. The van der Waals surface area contributed by atoms with Crippen molar-refractivity contribution in [3.05, 3.63) is 77.2 Å². The number of carbonyl (C=O) groups is 2. The molecule has 3 aromatic rings. The largest absolute Gasteiger partial charge is 0.494 e. The molecule has 2 aromatic carbocycles. The molecule has 1 aliphatic carbocycles. The van der Waals surface area contributed by atoms with Crippen LogP contribution >= 0.6 is 0 Å². The molecule has 0 radical (unpaired) electrons. The standard InChI is InChI=1S/C25H23FN2O4/c1-31-23-9-8-17(10-22(23)26)12-27-24(30)21-11-19(20-5-3-2-4-18(20)14-29)13-28-25(21)32-15-16-6-7-16/h2-5,8-11,13-14,16H,6-7,12,15H2,1H3,(H,27,30). The summed E-state index contributed by atoms with van der Waals surface area (Å²) in [5, 5.41) is 2.79. The lowest BCUT2D eigenvalue weighted by Crippen LogP contribution is -2.24. The van der Waals surface area contributed by atoms with Gasteiger partial charge in [-0.15, -0.1) is 0 Å². The third-order valence-electron chi connectivity index (χ3n) is 5.32. The molecule has 1 fully saturated rings. The number of amides is 1. The van der Waals surface area contributed by atoms with Crippen molar-refractivity contribution in [1.82, 2.24) is 10.3 Å². The van der Waals surface area contributed by atoms with Crippen LogP contribution in [0.25, 0.3) is 11.1 Å². The molecule has 1 aromatic heterocycles. The Morgan fingerprint density at radius 3 is 2.75 bits per heavy atom. The second kappa shape index (κ2) is 9.60. The van der Waals surface area contributed by atoms with E-state index < -0.39 is 11.7 Å². The number of carbonyl (C=O) groups excluding carboxylic acids is 2. The first kappa shape index (κ1) is 21.5. The van der Waals surface area contributed by atoms with Crippen molar-refractivity contribution in [3.63, 3.8) is 0 Å². The van der Waals surface area contributed by atoms with Crippen LogP contribution in [0.1, 0.15) is 39.1 Å². The van der Waals surface area contributed by atoms with Crippen molar-refractivity contribution in [3.8, 4) is 22.8 Å². The zero-order valence-corrected chi connectivity index (χ0v) is 17.6. The Kier molecular flexibility index (Phi) is 6.44. The summed E-state index contributed by atoms with van der Waals surface area (Å²) in [7, 11) is 1.39. The fourth-order valence-electron chi connectivity index (χ4n) is 3.32. The fraction of sp³-hybridized carbons (Fsp3) is 0.240. The monoisotopic (exact) mass is 434 g/mol. The number of nitrogens with zero attached hydrogens (tertiary/aromatic N) is 1. The molecule has 6 nitrogen and oxygen atoms in total. The molecule has 0 atom stereocenters. The van der Waals surface area contributed by atoms with Gasteiger partial charge in [0.25, 0.3) is 5.91 Å². The van der Waals surface area contributed by atoms with Crippen molar-refractivity contribution in [1.29, 1.82) is 0 Å². The molecule has 1 amide bonds. The summed E-state index contributed by atoms with van der Waals surface area (Å²) < 4.78 is 24.7. The summed E-state index contributed by atoms with van der Waals surface area (Å²) in [5.41, 5.74) is 2.66. The van der Waals surface area contributed by atoms with Gasteiger partial charge in [-0.25, -0.2) is 9.37 Å². The molecule has 4 rings (SSSR count). The number of halogens is 1. The Balaban J connectivity index is 1.59. The van der Waals surface area contributed by atoms with Crippen LogP contribution in [-0.4, -0.2) is 30.9 Å². The highest BCUT2D eigenvalue weighted by molar-refractivity contribution is 5.98. The van der Waals surface area contributed by atoms with E-state index in [2.05, 4.69) is 10.3 Å². The van der Waals surface area contributed by atoms with Gasteiger partial charge >= 0.3 is 0 Å². The van der Waals surface area contributed by atoms with E-state index in [0.29, 0.717) is 34.8 Å². The van der Waals surface area contributed by atoms with E-state index in [1.807, 2.05) is 6.07 Å². The lowest BCUT2D eigenvalue weighted by atomic mass is 10.0. The molecule has 0 aliphatic heterocycles. The summed E-state index contributed by atoms with van der Waals surface area (Å²) in [5.74, 6) is -0.0264. The number of aldehydes is 1. The van der Waals surface area contributed by atoms with Gasteiger partial charge in [-0.05, 0) is 48.1 Å². The van der Waals surface area contributed by atoms with Crippen molar-refractivity contribution < 1.29 is 23.5 Å². The molecule has 32 heavy (non-hydrogen) atoms. The van der Waals surface area contributed by atoms with Crippen LogP contribution in [-0.2, 0) is 6.54 Å². The lowest BCUT2D eigenvalue weighted by Gasteiger charge is -2.13. The molecule has 1 aliphatic rings. The van der Waals surface area contributed by atoms with E-state index in [1.165, 1.54) is 19.2 Å². The fourth-order valence-corrected chi connectivity index (χ4v) is 3.32. The number of ether oxygens (including phenoxy) is 2. The summed E-state index contributed by atoms with van der Waals surface area (Å²) in [6, 6.07) is 13.3. The van der Waals surface area contributed by atoms with Crippen LogP contribution in [0.2, 0.25) is 0 Å². The Morgan fingerprint density at radius 2 is 2.03 bits per heavy atom. The molecule has 1 heterocycles. The molecule has 1 saturated carbocycles. The van der Waals surface area contributed by atoms with Gasteiger partial charge in [-0.3, -0.25) is 9.59 Å². The Morgan fingerprint density at radius 1 is 1.22 bits per heavy atom. The maximum absolute atomic E-state index is 14.0. The van der Waals surface area contributed by atoms with Gasteiger partial charge in [0.2, 0.25) is 5.88 Å². The zero-order valence-electron chi connectivity index (χ0n) is 17.6. The molecule has 7 heteroatoms. The SMILES string of the molecule is COc1ccc(CNC(=O)c2cc(-c3ccccc3C=O)cnc2OCC2CC2)cc1F. The number of hydrogen-bond acceptors (Lipinski definition) is 5. The van der Waals surface area contributed by atoms with Crippen LogP contribution in [0.15, 0.2) is 54.7 Å². The van der Waals surface area contributed by atoms with Crippen LogP contribution < -0.4 is 14.8 Å². The average Bonchev–Trinajstić information content (AvgIpc) is 3.66. The number of pyridine rings is 1. The molecule has 0 spiro atoms. The van der Waals surface area contributed by atoms with Crippen molar-refractivity contribution >= 4 is 12.2 Å². The van der Waals surface area contributed by atoms with Crippen LogP contribution in [0, 0.1) is 11.7 Å². The van der Waals surface area contributed by atoms with Crippen molar-refractivity contribution in [2.24, 2.45) is 5.92 Å². The summed E-state index contributed by atoms with van der Waals surface area (Å²) in [6.07, 6.45) is 4.58. The molecule has 0 saturated heterocycles. The van der Waals surface area contributed by atoms with E-state index >= 15 is 0 Å². The van der Waals surface area contributed by atoms with Gasteiger partial charge in [0.1, 0.15) is 5.56 Å². The second-order valence-electron chi connectivity index (χ2n) is 7.69. The predicted molar refractivity (Wildman–Crippen MR) is 117 cm³/mol. The van der Waals surface area contributed by atoms with Gasteiger partial charge in [0.15, 0.2) is 17.9 Å². The van der Waals surface area contributed by atoms with Gasteiger partial charge in [0.05, 0.1) is 13.7 Å². The number of nitrogens with one attached hydrogen (secondary N) is 1. The minimum absolute atomic E-state index is 0.122. The average molecular weight is 434 g/mol. The number of rotatable bonds is 9. The first-order valence-corrected chi connectivity index (χ1v) is 10.4. The summed E-state index contributed by atoms with van der Waals surface area (Å²) in [6.45, 7) is 0.623. The van der Waals surface area contributed by atoms with E-state index in [4.69, 9.17) is 9.47 Å². The highest BCUT2D eigenvalue weighted by Gasteiger charge is 2.24. The lowest BCUT2D eigenvalue weighted by molar-refractivity contribution is 0.0945. The minimum atomic E-state index is -0.498. The maximum Gasteiger partial charge on any atom is 0.257 e. The smallest absolute Gasteiger partial charge is 0.257 e. The molecule has 0 bridgehead atoms. The van der Waals surface area contributed by atoms with Gasteiger partial charge in [0, 0.05) is 23.9 Å². The number of hydrogen-bond donors (Lipinski definition) is 1. The van der Waals surface area contributed by atoms with E-state index in [-0.39, 0.29) is 23.7 Å². The summed E-state index contributed by atoms with van der Waals surface area (Å²) >= 11 is 0. The number of methoxy groups -OCH3 is 1. The Hall–Kier alpha value is -3.74. The highest BCUT2D eigenvalue weighted by Crippen LogP contribution is 2.31. The van der Waals surface area contributed by atoms with Crippen LogP contribution in [0.5, 0.6) is 11.6 Å². The quantitative estimate of drug-likeness (QED) is 0.504. The van der Waals surface area contributed by atoms with Gasteiger partial charge < -0.3 is 14.8 Å². The maximum atomic E-state index is 14.0. The first-order valence-electron chi connectivity index (χ1n) is 10.4. The molecule has 1 N–H and O–H groups in total. The van der Waals surface area contributed by atoms with E-state index in [9.17, 15) is 14.0 Å². The topological polar surface area (TPSA) is 77.5 Å². The third kappa shape index (κ3) is 4.94. The number of aromatic nitrogens is 1.